The number of amides is 1. The molecular weight excluding hydrogens is 500 g/mol. The zero-order valence-electron chi connectivity index (χ0n) is 19.8. The van der Waals surface area contributed by atoms with Crippen molar-refractivity contribution >= 4 is 52.9 Å². The van der Waals surface area contributed by atoms with Crippen LogP contribution >= 0.6 is 0 Å². The number of ether oxygens (including phenoxy) is 1. The number of hydrogen-bond acceptors (Lipinski definition) is 6. The van der Waals surface area contributed by atoms with E-state index in [4.69, 9.17) is 18.0 Å². The third-order valence-electron chi connectivity index (χ3n) is 5.92. The number of imidazole rings is 1. The van der Waals surface area contributed by atoms with E-state index in [1.807, 2.05) is 6.07 Å². The molecule has 0 fully saturated rings. The molecule has 2 aromatic heterocycles. The van der Waals surface area contributed by atoms with Gasteiger partial charge in [0.1, 0.15) is 24.7 Å². The molecule has 0 aliphatic carbocycles. The number of nitrogens with one attached hydrogen (secondary N) is 1. The molecule has 0 unspecified atom stereocenters. The third kappa shape index (κ3) is 4.92. The Hall–Kier alpha value is -4.74. The molecule has 1 amide bonds. The lowest BCUT2D eigenvalue weighted by Crippen LogP contribution is -2.22. The Morgan fingerprint density at radius 1 is 1.16 bits per heavy atom. The molecule has 0 spiro atoms. The highest BCUT2D eigenvalue weighted by Crippen LogP contribution is 2.31. The molecule has 0 saturated carbocycles. The number of fused-ring (bicyclic) bond motifs is 2. The number of anilines is 2. The molecule has 0 atom stereocenters. The van der Waals surface area contributed by atoms with Crippen LogP contribution in [0.4, 0.5) is 24.8 Å². The van der Waals surface area contributed by atoms with Gasteiger partial charge in [0.05, 0.1) is 17.6 Å². The molecule has 5 aromatic rings. The molecule has 190 valence electrons. The second-order valence-corrected chi connectivity index (χ2v) is 8.55. The number of aromatic nitrogens is 2. The van der Waals surface area contributed by atoms with Crippen molar-refractivity contribution in [3.63, 3.8) is 0 Å². The van der Waals surface area contributed by atoms with Crippen molar-refractivity contribution in [2.24, 2.45) is 5.73 Å². The molecule has 0 aliphatic rings. The Morgan fingerprint density at radius 3 is 2.55 bits per heavy atom. The maximum absolute atomic E-state index is 12.5. The van der Waals surface area contributed by atoms with Gasteiger partial charge in [0.15, 0.2) is 0 Å². The number of carbonyl (C=O) groups is 1. The minimum absolute atomic E-state index is 0.235. The Bertz CT molecular complexity index is 1760. The minimum atomic E-state index is -4.80. The van der Waals surface area contributed by atoms with Crippen LogP contribution in [-0.2, 0) is 6.54 Å². The summed E-state index contributed by atoms with van der Waals surface area (Å²) in [4.78, 5) is 28.9. The van der Waals surface area contributed by atoms with E-state index in [0.29, 0.717) is 45.6 Å². The fourth-order valence-corrected chi connectivity index (χ4v) is 4.25. The van der Waals surface area contributed by atoms with E-state index in [1.165, 1.54) is 24.3 Å². The summed E-state index contributed by atoms with van der Waals surface area (Å²) in [6, 6.07) is 15.7. The maximum atomic E-state index is 12.5. The largest absolute Gasteiger partial charge is 0.573 e. The molecule has 5 rings (SSSR count). The van der Waals surface area contributed by atoms with Crippen molar-refractivity contribution in [2.45, 2.75) is 19.8 Å². The molecule has 2 heterocycles. The summed E-state index contributed by atoms with van der Waals surface area (Å²) in [5, 5.41) is 3.60. The lowest BCUT2D eigenvalue weighted by Gasteiger charge is -2.13. The van der Waals surface area contributed by atoms with Gasteiger partial charge in [-0.25, -0.2) is 9.78 Å². The number of primary amides is 1. The summed E-state index contributed by atoms with van der Waals surface area (Å²) in [7, 11) is 5.95. The second-order valence-electron chi connectivity index (χ2n) is 8.55. The SMILES string of the molecule is [B]c1cccc(Cn2c(Nc3ccc(OC(F)(F)F)cc3)nc3cc4c(C)c(C(N)=O)c(=O)oc4cc32)c1. The lowest BCUT2D eigenvalue weighted by molar-refractivity contribution is -0.274. The molecular formula is C26H18BF3N4O4. The van der Waals surface area contributed by atoms with Crippen molar-refractivity contribution in [1.29, 1.82) is 0 Å². The van der Waals surface area contributed by atoms with E-state index in [1.54, 1.807) is 41.8 Å². The van der Waals surface area contributed by atoms with Gasteiger partial charge in [-0.05, 0) is 48.4 Å². The summed E-state index contributed by atoms with van der Waals surface area (Å²) in [5.41, 5.74) is 7.85. The zero-order valence-corrected chi connectivity index (χ0v) is 19.8. The summed E-state index contributed by atoms with van der Waals surface area (Å²) >= 11 is 0. The number of alkyl halides is 3. The smallest absolute Gasteiger partial charge is 0.422 e. The van der Waals surface area contributed by atoms with Crippen LogP contribution < -0.4 is 26.9 Å². The highest BCUT2D eigenvalue weighted by Gasteiger charge is 2.31. The van der Waals surface area contributed by atoms with E-state index >= 15 is 0 Å². The van der Waals surface area contributed by atoms with Gasteiger partial charge in [-0.3, -0.25) is 4.79 Å². The first kappa shape index (κ1) is 24.9. The van der Waals surface area contributed by atoms with Crippen molar-refractivity contribution in [3.05, 3.63) is 87.8 Å². The molecule has 8 nitrogen and oxygen atoms in total. The number of halogens is 3. The average Bonchev–Trinajstić information content (AvgIpc) is 3.14. The van der Waals surface area contributed by atoms with Gasteiger partial charge >= 0.3 is 12.0 Å². The standard InChI is InChI=1S/C26H18BF3N4O4/c1-13-18-10-19-20(11-21(18)37-24(36)22(13)23(31)35)34(12-14-3-2-4-15(27)9-14)25(33-19)32-16-5-7-17(8-6-16)38-26(28,29)30/h2-11H,12H2,1H3,(H2,31,35)(H,32,33). The first-order chi connectivity index (χ1) is 18.0. The quantitative estimate of drug-likeness (QED) is 0.259. The van der Waals surface area contributed by atoms with Gasteiger partial charge < -0.3 is 24.8 Å². The van der Waals surface area contributed by atoms with Gasteiger partial charge in [-0.1, -0.05) is 29.7 Å². The van der Waals surface area contributed by atoms with Gasteiger partial charge in [0.2, 0.25) is 5.95 Å². The van der Waals surface area contributed by atoms with Gasteiger partial charge in [0, 0.05) is 17.1 Å². The summed E-state index contributed by atoms with van der Waals surface area (Å²) in [6.07, 6.45) is -4.80. The van der Waals surface area contributed by atoms with E-state index in [2.05, 4.69) is 15.0 Å². The molecule has 0 aliphatic heterocycles. The molecule has 2 radical (unpaired) electrons. The molecule has 3 aromatic carbocycles. The summed E-state index contributed by atoms with van der Waals surface area (Å²) in [6.45, 7) is 1.91. The number of benzene rings is 3. The van der Waals surface area contributed by atoms with Gasteiger partial charge in [-0.15, -0.1) is 13.2 Å². The number of carbonyl (C=O) groups excluding carboxylic acids is 1. The van der Waals surface area contributed by atoms with Crippen molar-refractivity contribution < 1.29 is 27.1 Å². The van der Waals surface area contributed by atoms with E-state index in [-0.39, 0.29) is 16.9 Å². The number of hydrogen-bond donors (Lipinski definition) is 2. The maximum Gasteiger partial charge on any atom is 0.573 e. The Kier molecular flexibility index (Phi) is 6.10. The minimum Gasteiger partial charge on any atom is -0.422 e. The predicted molar refractivity (Wildman–Crippen MR) is 136 cm³/mol. The van der Waals surface area contributed by atoms with Crippen LogP contribution in [-0.4, -0.2) is 29.7 Å². The average molecular weight is 518 g/mol. The van der Waals surface area contributed by atoms with Crippen LogP contribution in [0.2, 0.25) is 0 Å². The predicted octanol–water partition coefficient (Wildman–Crippen LogP) is 4.03. The van der Waals surface area contributed by atoms with Crippen LogP contribution in [0.1, 0.15) is 21.5 Å². The van der Waals surface area contributed by atoms with Gasteiger partial charge in [0.25, 0.3) is 5.91 Å². The van der Waals surface area contributed by atoms with E-state index in [9.17, 15) is 22.8 Å². The van der Waals surface area contributed by atoms with E-state index in [0.717, 1.165) is 5.56 Å². The second kappa shape index (κ2) is 9.29. The van der Waals surface area contributed by atoms with Crippen molar-refractivity contribution in [3.8, 4) is 5.75 Å². The van der Waals surface area contributed by atoms with Gasteiger partial charge in [-0.2, -0.15) is 0 Å². The summed E-state index contributed by atoms with van der Waals surface area (Å²) in [5.74, 6) is -0.901. The highest BCUT2D eigenvalue weighted by atomic mass is 19.4. The normalized spacial score (nSPS) is 11.7. The molecule has 3 N–H and O–H groups in total. The Labute approximate surface area is 214 Å². The van der Waals surface area contributed by atoms with Crippen molar-refractivity contribution in [1.82, 2.24) is 9.55 Å². The van der Waals surface area contributed by atoms with Crippen molar-refractivity contribution in [2.75, 3.05) is 5.32 Å². The summed E-state index contributed by atoms with van der Waals surface area (Å²) < 4.78 is 48.7. The topological polar surface area (TPSA) is 112 Å². The Morgan fingerprint density at radius 2 is 1.89 bits per heavy atom. The van der Waals surface area contributed by atoms with E-state index < -0.39 is 17.9 Å². The first-order valence-electron chi connectivity index (χ1n) is 11.2. The Balaban J connectivity index is 1.64. The first-order valence-corrected chi connectivity index (χ1v) is 11.2. The number of nitrogens with zero attached hydrogens (tertiary/aromatic N) is 2. The zero-order chi connectivity index (χ0) is 27.2. The lowest BCUT2D eigenvalue weighted by atomic mass is 9.94. The van der Waals surface area contributed by atoms with Crippen LogP contribution in [0, 0.1) is 6.92 Å². The fraction of sp³-hybridized carbons (Fsp3) is 0.115. The van der Waals surface area contributed by atoms with Crippen LogP contribution in [0.25, 0.3) is 22.0 Å². The van der Waals surface area contributed by atoms with Crippen LogP contribution in [0.3, 0.4) is 0 Å². The fourth-order valence-electron chi connectivity index (χ4n) is 4.25. The highest BCUT2D eigenvalue weighted by molar-refractivity contribution is 6.32. The number of rotatable bonds is 6. The molecule has 38 heavy (non-hydrogen) atoms. The monoisotopic (exact) mass is 518 g/mol. The number of nitrogens with two attached hydrogens (primary N) is 1. The molecule has 0 saturated heterocycles. The number of aryl methyl sites for hydroxylation is 1. The van der Waals surface area contributed by atoms with Crippen LogP contribution in [0.15, 0.2) is 69.9 Å². The molecule has 0 bridgehead atoms. The third-order valence-corrected chi connectivity index (χ3v) is 5.92. The molecule has 12 heteroatoms. The van der Waals surface area contributed by atoms with Crippen LogP contribution in [0.5, 0.6) is 5.75 Å².